The molecule has 1 aromatic carbocycles. The number of benzene rings is 1. The van der Waals surface area contributed by atoms with Gasteiger partial charge >= 0.3 is 0 Å². The SMILES string of the molecule is CN1C(=O)c2c(O)c(=O)c(-c3cnn(Cc4ccc(F)cc4F)c3)cn2CC12CCCCC2. The van der Waals surface area contributed by atoms with E-state index in [0.29, 0.717) is 12.1 Å². The first-order valence-corrected chi connectivity index (χ1v) is 11.0. The van der Waals surface area contributed by atoms with Gasteiger partial charge in [-0.25, -0.2) is 8.78 Å². The summed E-state index contributed by atoms with van der Waals surface area (Å²) < 4.78 is 30.3. The van der Waals surface area contributed by atoms with Crippen molar-refractivity contribution in [3.63, 3.8) is 0 Å². The van der Waals surface area contributed by atoms with Crippen LogP contribution in [0.25, 0.3) is 11.1 Å². The molecule has 1 aliphatic carbocycles. The number of carbonyl (C=O) groups is 1. The van der Waals surface area contributed by atoms with Crippen LogP contribution in [0.15, 0.2) is 41.6 Å². The number of aromatic hydroxyl groups is 1. The Labute approximate surface area is 188 Å². The Morgan fingerprint density at radius 1 is 1.12 bits per heavy atom. The van der Waals surface area contributed by atoms with Crippen LogP contribution in [0.1, 0.15) is 48.2 Å². The number of hydrogen-bond donors (Lipinski definition) is 1. The van der Waals surface area contributed by atoms with Crippen molar-refractivity contribution in [1.29, 1.82) is 0 Å². The Morgan fingerprint density at radius 3 is 2.61 bits per heavy atom. The van der Waals surface area contributed by atoms with Gasteiger partial charge in [0.15, 0.2) is 11.4 Å². The molecule has 1 spiro atoms. The van der Waals surface area contributed by atoms with Crippen LogP contribution < -0.4 is 5.43 Å². The molecule has 2 aliphatic rings. The van der Waals surface area contributed by atoms with Crippen LogP contribution in [0, 0.1) is 11.6 Å². The van der Waals surface area contributed by atoms with E-state index in [4.69, 9.17) is 0 Å². The first kappa shape index (κ1) is 21.4. The van der Waals surface area contributed by atoms with Gasteiger partial charge in [0.1, 0.15) is 11.6 Å². The summed E-state index contributed by atoms with van der Waals surface area (Å²) in [4.78, 5) is 27.7. The number of aromatic nitrogens is 3. The average molecular weight is 454 g/mol. The molecule has 0 radical (unpaired) electrons. The number of likely N-dealkylation sites (N-methyl/N-ethyl adjacent to an activating group) is 1. The van der Waals surface area contributed by atoms with E-state index in [0.717, 1.165) is 38.2 Å². The van der Waals surface area contributed by atoms with Crippen LogP contribution in [0.2, 0.25) is 0 Å². The fourth-order valence-electron chi connectivity index (χ4n) is 5.12. The smallest absolute Gasteiger partial charge is 0.274 e. The quantitative estimate of drug-likeness (QED) is 0.657. The van der Waals surface area contributed by atoms with E-state index >= 15 is 0 Å². The Morgan fingerprint density at radius 2 is 1.88 bits per heavy atom. The van der Waals surface area contributed by atoms with Gasteiger partial charge in [-0.2, -0.15) is 5.10 Å². The zero-order chi connectivity index (χ0) is 23.3. The van der Waals surface area contributed by atoms with E-state index in [2.05, 4.69) is 5.10 Å². The predicted molar refractivity (Wildman–Crippen MR) is 117 cm³/mol. The van der Waals surface area contributed by atoms with Crippen LogP contribution >= 0.6 is 0 Å². The summed E-state index contributed by atoms with van der Waals surface area (Å²) in [6, 6.07) is 3.33. The minimum absolute atomic E-state index is 0.00298. The van der Waals surface area contributed by atoms with Gasteiger partial charge in [0.2, 0.25) is 5.43 Å². The first-order valence-electron chi connectivity index (χ1n) is 11.0. The summed E-state index contributed by atoms with van der Waals surface area (Å²) in [5.74, 6) is -2.27. The molecule has 0 bridgehead atoms. The molecule has 3 heterocycles. The molecule has 0 saturated heterocycles. The third-order valence-electron chi connectivity index (χ3n) is 7.02. The molecule has 9 heteroatoms. The van der Waals surface area contributed by atoms with Crippen molar-refractivity contribution in [3.05, 3.63) is 69.9 Å². The molecule has 1 amide bonds. The largest absolute Gasteiger partial charge is 0.503 e. The highest BCUT2D eigenvalue weighted by molar-refractivity contribution is 5.96. The second kappa shape index (κ2) is 7.83. The third kappa shape index (κ3) is 3.51. The molecule has 3 aromatic rings. The highest BCUT2D eigenvalue weighted by Gasteiger charge is 2.45. The number of fused-ring (bicyclic) bond motifs is 1. The molecule has 1 N–H and O–H groups in total. The second-order valence-electron chi connectivity index (χ2n) is 9.01. The minimum Gasteiger partial charge on any atom is -0.503 e. The average Bonchev–Trinajstić information content (AvgIpc) is 3.25. The van der Waals surface area contributed by atoms with Crippen molar-refractivity contribution in [2.75, 3.05) is 7.05 Å². The molecule has 1 saturated carbocycles. The summed E-state index contributed by atoms with van der Waals surface area (Å²) in [5, 5.41) is 14.9. The van der Waals surface area contributed by atoms with Crippen molar-refractivity contribution in [2.45, 2.75) is 50.7 Å². The lowest BCUT2D eigenvalue weighted by atomic mass is 9.78. The number of carbonyl (C=O) groups excluding carboxylic acids is 1. The fourth-order valence-corrected chi connectivity index (χ4v) is 5.12. The van der Waals surface area contributed by atoms with E-state index < -0.39 is 22.8 Å². The lowest BCUT2D eigenvalue weighted by molar-refractivity contribution is 0.0257. The van der Waals surface area contributed by atoms with Crippen LogP contribution in [-0.4, -0.2) is 42.8 Å². The monoisotopic (exact) mass is 454 g/mol. The maximum absolute atomic E-state index is 14.0. The van der Waals surface area contributed by atoms with Gasteiger partial charge in [-0.1, -0.05) is 25.3 Å². The number of halogens is 2. The van der Waals surface area contributed by atoms with Gasteiger partial charge in [-0.05, 0) is 18.9 Å². The summed E-state index contributed by atoms with van der Waals surface area (Å²) >= 11 is 0. The molecule has 5 rings (SSSR count). The molecule has 0 unspecified atom stereocenters. The number of hydrogen-bond acceptors (Lipinski definition) is 4. The number of pyridine rings is 1. The molecule has 2 aromatic heterocycles. The molecule has 172 valence electrons. The van der Waals surface area contributed by atoms with Crippen LogP contribution in [0.4, 0.5) is 8.78 Å². The second-order valence-corrected chi connectivity index (χ2v) is 9.01. The summed E-state index contributed by atoms with van der Waals surface area (Å²) in [7, 11) is 1.74. The Hall–Kier alpha value is -3.49. The predicted octanol–water partition coefficient (Wildman–Crippen LogP) is 3.53. The van der Waals surface area contributed by atoms with Gasteiger partial charge in [-0.15, -0.1) is 0 Å². The van der Waals surface area contributed by atoms with E-state index in [9.17, 15) is 23.5 Å². The van der Waals surface area contributed by atoms with Crippen LogP contribution in [-0.2, 0) is 13.1 Å². The van der Waals surface area contributed by atoms with Crippen molar-refractivity contribution in [2.24, 2.45) is 0 Å². The molecule has 33 heavy (non-hydrogen) atoms. The fraction of sp³-hybridized carbons (Fsp3) is 0.375. The Bertz CT molecular complexity index is 1310. The van der Waals surface area contributed by atoms with Crippen molar-refractivity contribution in [1.82, 2.24) is 19.2 Å². The molecule has 1 fully saturated rings. The molecule has 7 nitrogen and oxygen atoms in total. The van der Waals surface area contributed by atoms with E-state index in [1.807, 2.05) is 0 Å². The van der Waals surface area contributed by atoms with Crippen LogP contribution in [0.3, 0.4) is 0 Å². The molecule has 1 aliphatic heterocycles. The van der Waals surface area contributed by atoms with E-state index in [1.165, 1.54) is 23.0 Å². The minimum atomic E-state index is -0.682. The van der Waals surface area contributed by atoms with Gasteiger partial charge < -0.3 is 14.6 Å². The van der Waals surface area contributed by atoms with Crippen molar-refractivity contribution in [3.8, 4) is 16.9 Å². The molecular weight excluding hydrogens is 430 g/mol. The number of nitrogens with zero attached hydrogens (tertiary/aromatic N) is 4. The third-order valence-corrected chi connectivity index (χ3v) is 7.02. The van der Waals surface area contributed by atoms with Gasteiger partial charge in [-0.3, -0.25) is 14.3 Å². The Kier molecular flexibility index (Phi) is 5.07. The van der Waals surface area contributed by atoms with E-state index in [1.54, 1.807) is 28.9 Å². The molecular formula is C24H24F2N4O3. The molecule has 0 atom stereocenters. The maximum Gasteiger partial charge on any atom is 0.274 e. The zero-order valence-electron chi connectivity index (χ0n) is 18.2. The lowest BCUT2D eigenvalue weighted by Crippen LogP contribution is -2.57. The number of amides is 1. The Balaban J connectivity index is 1.52. The topological polar surface area (TPSA) is 80.4 Å². The highest BCUT2D eigenvalue weighted by Crippen LogP contribution is 2.39. The normalized spacial score (nSPS) is 17.4. The van der Waals surface area contributed by atoms with Crippen LogP contribution in [0.5, 0.6) is 5.75 Å². The van der Waals surface area contributed by atoms with E-state index in [-0.39, 0.29) is 34.8 Å². The van der Waals surface area contributed by atoms with Gasteiger partial charge in [0.05, 0.1) is 23.8 Å². The zero-order valence-corrected chi connectivity index (χ0v) is 18.2. The summed E-state index contributed by atoms with van der Waals surface area (Å²) in [6.07, 6.45) is 9.56. The van der Waals surface area contributed by atoms with Gasteiger partial charge in [0, 0.05) is 43.2 Å². The van der Waals surface area contributed by atoms with Gasteiger partial charge in [0.25, 0.3) is 5.91 Å². The summed E-state index contributed by atoms with van der Waals surface area (Å²) in [5.41, 5.74) is -0.0735. The van der Waals surface area contributed by atoms with Crippen molar-refractivity contribution < 1.29 is 18.7 Å². The lowest BCUT2D eigenvalue weighted by Gasteiger charge is -2.48. The standard InChI is InChI=1S/C24H24F2N4O3/c1-28-23(33)20-22(32)21(31)18(13-29(20)14-24(28)7-3-2-4-8-24)16-10-27-30(12-16)11-15-5-6-17(25)9-19(15)26/h5-6,9-10,12-13,32H,2-4,7-8,11,14H2,1H3. The summed E-state index contributed by atoms with van der Waals surface area (Å²) in [6.45, 7) is 0.553. The highest BCUT2D eigenvalue weighted by atomic mass is 19.1. The first-order chi connectivity index (χ1) is 15.8. The van der Waals surface area contributed by atoms with Crippen molar-refractivity contribution >= 4 is 5.91 Å². The number of rotatable bonds is 3. The maximum atomic E-state index is 14.0.